The van der Waals surface area contributed by atoms with E-state index in [4.69, 9.17) is 5.26 Å². The Labute approximate surface area is 102 Å². The number of aryl methyl sites for hydroxylation is 1. The minimum atomic E-state index is -3.42. The van der Waals surface area contributed by atoms with E-state index in [2.05, 4.69) is 0 Å². The average Bonchev–Trinajstić information content (AvgIpc) is 2.83. The molecule has 1 saturated heterocycles. The highest BCUT2D eigenvalue weighted by Crippen LogP contribution is 2.24. The molecule has 0 amide bonds. The SMILES string of the molecule is Cc1ccc(C#N)cc1S(=O)(=O)N1CCCC1. The molecule has 1 fully saturated rings. The summed E-state index contributed by atoms with van der Waals surface area (Å²) in [4.78, 5) is 0.262. The van der Waals surface area contributed by atoms with E-state index >= 15 is 0 Å². The molecule has 0 atom stereocenters. The third kappa shape index (κ3) is 2.19. The molecule has 17 heavy (non-hydrogen) atoms. The van der Waals surface area contributed by atoms with E-state index in [9.17, 15) is 8.42 Å². The molecule has 0 N–H and O–H groups in total. The Morgan fingerprint density at radius 1 is 1.29 bits per heavy atom. The highest BCUT2D eigenvalue weighted by atomic mass is 32.2. The second-order valence-corrected chi connectivity index (χ2v) is 6.11. The molecule has 90 valence electrons. The van der Waals surface area contributed by atoms with Gasteiger partial charge < -0.3 is 0 Å². The molecule has 0 radical (unpaired) electrons. The summed E-state index contributed by atoms with van der Waals surface area (Å²) in [6, 6.07) is 6.75. The number of sulfonamides is 1. The zero-order chi connectivity index (χ0) is 12.5. The average molecular weight is 250 g/mol. The van der Waals surface area contributed by atoms with Crippen LogP contribution in [0, 0.1) is 18.3 Å². The first-order valence-corrected chi connectivity index (χ1v) is 7.00. The van der Waals surface area contributed by atoms with Crippen LogP contribution in [0.2, 0.25) is 0 Å². The van der Waals surface area contributed by atoms with Crippen molar-refractivity contribution < 1.29 is 8.42 Å². The largest absolute Gasteiger partial charge is 0.243 e. The molecule has 4 nitrogen and oxygen atoms in total. The highest BCUT2D eigenvalue weighted by Gasteiger charge is 2.28. The number of nitrogens with zero attached hydrogens (tertiary/aromatic N) is 2. The number of hydrogen-bond donors (Lipinski definition) is 0. The Hall–Kier alpha value is -1.38. The van der Waals surface area contributed by atoms with Gasteiger partial charge in [-0.1, -0.05) is 6.07 Å². The maximum absolute atomic E-state index is 12.3. The van der Waals surface area contributed by atoms with Gasteiger partial charge in [0.15, 0.2) is 0 Å². The maximum atomic E-state index is 12.3. The normalized spacial score (nSPS) is 16.9. The molecule has 5 heteroatoms. The van der Waals surface area contributed by atoms with Crippen molar-refractivity contribution in [3.63, 3.8) is 0 Å². The molecule has 0 bridgehead atoms. The van der Waals surface area contributed by atoms with Crippen LogP contribution in [0.4, 0.5) is 0 Å². The van der Waals surface area contributed by atoms with Crippen molar-refractivity contribution in [2.24, 2.45) is 0 Å². The van der Waals surface area contributed by atoms with Crippen LogP contribution in [0.25, 0.3) is 0 Å². The Morgan fingerprint density at radius 2 is 1.94 bits per heavy atom. The molecule has 0 spiro atoms. The van der Waals surface area contributed by atoms with Gasteiger partial charge in [0.25, 0.3) is 0 Å². The van der Waals surface area contributed by atoms with Crippen molar-refractivity contribution in [2.45, 2.75) is 24.7 Å². The van der Waals surface area contributed by atoms with Crippen molar-refractivity contribution in [1.82, 2.24) is 4.31 Å². The summed E-state index contributed by atoms with van der Waals surface area (Å²) in [6.45, 7) is 2.92. The lowest BCUT2D eigenvalue weighted by molar-refractivity contribution is 0.477. The Bertz CT molecular complexity index is 567. The molecule has 1 aromatic rings. The first kappa shape index (κ1) is 12.1. The predicted molar refractivity (Wildman–Crippen MR) is 63.9 cm³/mol. The molecule has 1 aromatic carbocycles. The zero-order valence-corrected chi connectivity index (χ0v) is 10.5. The van der Waals surface area contributed by atoms with E-state index in [1.807, 2.05) is 6.07 Å². The molecule has 2 rings (SSSR count). The van der Waals surface area contributed by atoms with Crippen molar-refractivity contribution in [3.05, 3.63) is 29.3 Å². The van der Waals surface area contributed by atoms with Gasteiger partial charge in [-0.05, 0) is 37.5 Å². The molecule has 0 aliphatic carbocycles. The quantitative estimate of drug-likeness (QED) is 0.801. The summed E-state index contributed by atoms with van der Waals surface area (Å²) in [5.41, 5.74) is 1.07. The van der Waals surface area contributed by atoms with Crippen LogP contribution in [0.5, 0.6) is 0 Å². The standard InChI is InChI=1S/C12H14N2O2S/c1-10-4-5-11(9-13)8-12(10)17(15,16)14-6-2-3-7-14/h4-5,8H,2-3,6-7H2,1H3. The molecule has 1 aliphatic rings. The summed E-state index contributed by atoms with van der Waals surface area (Å²) >= 11 is 0. The molecule has 0 aromatic heterocycles. The van der Waals surface area contributed by atoms with Crippen LogP contribution < -0.4 is 0 Å². The van der Waals surface area contributed by atoms with Crippen LogP contribution in [-0.2, 0) is 10.0 Å². The van der Waals surface area contributed by atoms with Crippen LogP contribution >= 0.6 is 0 Å². The number of nitriles is 1. The van der Waals surface area contributed by atoms with E-state index < -0.39 is 10.0 Å². The number of benzene rings is 1. The van der Waals surface area contributed by atoms with E-state index in [1.54, 1.807) is 19.1 Å². The molecule has 0 saturated carbocycles. The van der Waals surface area contributed by atoms with Crippen molar-refractivity contribution in [3.8, 4) is 6.07 Å². The monoisotopic (exact) mass is 250 g/mol. The lowest BCUT2D eigenvalue weighted by atomic mass is 10.2. The van der Waals surface area contributed by atoms with E-state index in [0.29, 0.717) is 24.2 Å². The van der Waals surface area contributed by atoms with E-state index in [0.717, 1.165) is 12.8 Å². The third-order valence-corrected chi connectivity index (χ3v) is 5.04. The first-order chi connectivity index (χ1) is 8.05. The van der Waals surface area contributed by atoms with Crippen LogP contribution in [0.3, 0.4) is 0 Å². The van der Waals surface area contributed by atoms with Gasteiger partial charge in [-0.3, -0.25) is 0 Å². The molecular formula is C12H14N2O2S. The van der Waals surface area contributed by atoms with Crippen LogP contribution in [0.15, 0.2) is 23.1 Å². The van der Waals surface area contributed by atoms with Crippen LogP contribution in [-0.4, -0.2) is 25.8 Å². The molecule has 0 unspecified atom stereocenters. The fourth-order valence-electron chi connectivity index (χ4n) is 2.02. The van der Waals surface area contributed by atoms with Gasteiger partial charge in [-0.15, -0.1) is 0 Å². The Balaban J connectivity index is 2.49. The minimum absolute atomic E-state index is 0.262. The Kier molecular flexibility index (Phi) is 3.18. The molecule has 1 heterocycles. The topological polar surface area (TPSA) is 61.2 Å². The van der Waals surface area contributed by atoms with Gasteiger partial charge in [-0.2, -0.15) is 9.57 Å². The van der Waals surface area contributed by atoms with E-state index in [-0.39, 0.29) is 4.90 Å². The third-order valence-electron chi connectivity index (χ3n) is 3.00. The summed E-state index contributed by atoms with van der Waals surface area (Å²) in [7, 11) is -3.42. The lowest BCUT2D eigenvalue weighted by Crippen LogP contribution is -2.28. The fourth-order valence-corrected chi connectivity index (χ4v) is 3.78. The predicted octanol–water partition coefficient (Wildman–Crippen LogP) is 1.65. The van der Waals surface area contributed by atoms with E-state index in [1.165, 1.54) is 10.4 Å². The van der Waals surface area contributed by atoms with Gasteiger partial charge in [0, 0.05) is 13.1 Å². The zero-order valence-electron chi connectivity index (χ0n) is 9.68. The lowest BCUT2D eigenvalue weighted by Gasteiger charge is -2.17. The second kappa shape index (κ2) is 4.47. The maximum Gasteiger partial charge on any atom is 0.243 e. The molecular weight excluding hydrogens is 236 g/mol. The summed E-state index contributed by atoms with van der Waals surface area (Å²) in [5, 5.41) is 8.83. The van der Waals surface area contributed by atoms with Crippen molar-refractivity contribution in [1.29, 1.82) is 5.26 Å². The van der Waals surface area contributed by atoms with Gasteiger partial charge >= 0.3 is 0 Å². The second-order valence-electron chi connectivity index (χ2n) is 4.20. The fraction of sp³-hybridized carbons (Fsp3) is 0.417. The van der Waals surface area contributed by atoms with Gasteiger partial charge in [0.2, 0.25) is 10.0 Å². The van der Waals surface area contributed by atoms with Gasteiger partial charge in [0.05, 0.1) is 16.5 Å². The smallest absolute Gasteiger partial charge is 0.207 e. The summed E-state index contributed by atoms with van der Waals surface area (Å²) in [5.74, 6) is 0. The van der Waals surface area contributed by atoms with Crippen molar-refractivity contribution >= 4 is 10.0 Å². The molecule has 1 aliphatic heterocycles. The van der Waals surface area contributed by atoms with Crippen LogP contribution in [0.1, 0.15) is 24.0 Å². The minimum Gasteiger partial charge on any atom is -0.207 e. The summed E-state index contributed by atoms with van der Waals surface area (Å²) < 4.78 is 26.2. The highest BCUT2D eigenvalue weighted by molar-refractivity contribution is 7.89. The summed E-state index contributed by atoms with van der Waals surface area (Å²) in [6.07, 6.45) is 1.83. The van der Waals surface area contributed by atoms with Gasteiger partial charge in [-0.25, -0.2) is 8.42 Å². The van der Waals surface area contributed by atoms with Crippen molar-refractivity contribution in [2.75, 3.05) is 13.1 Å². The number of rotatable bonds is 2. The number of hydrogen-bond acceptors (Lipinski definition) is 3. The Morgan fingerprint density at radius 3 is 2.53 bits per heavy atom. The first-order valence-electron chi connectivity index (χ1n) is 5.56. The van der Waals surface area contributed by atoms with Gasteiger partial charge in [0.1, 0.15) is 0 Å².